The van der Waals surface area contributed by atoms with Gasteiger partial charge in [0.25, 0.3) is 0 Å². The number of nitrogens with one attached hydrogen (secondary N) is 1. The Hall–Kier alpha value is -2.30. The van der Waals surface area contributed by atoms with E-state index in [1.807, 2.05) is 35.1 Å². The van der Waals surface area contributed by atoms with Crippen molar-refractivity contribution in [2.75, 3.05) is 7.11 Å². The molecule has 1 aromatic heterocycles. The smallest absolute Gasteiger partial charge is 0.126 e. The third-order valence-corrected chi connectivity index (χ3v) is 3.12. The van der Waals surface area contributed by atoms with Crippen LogP contribution in [0.15, 0.2) is 30.5 Å². The summed E-state index contributed by atoms with van der Waals surface area (Å²) >= 11 is 0. The molecule has 2 rings (SSSR count). The minimum atomic E-state index is 0.0782. The number of benzene rings is 1. The minimum absolute atomic E-state index is 0.0782. The summed E-state index contributed by atoms with van der Waals surface area (Å²) in [7, 11) is 1.65. The normalized spacial score (nSPS) is 10.5. The maximum atomic E-state index is 7.61. The molecular formula is C15H20N4O. The molecule has 0 bridgehead atoms. The van der Waals surface area contributed by atoms with Gasteiger partial charge in [-0.25, -0.2) is 0 Å². The Bertz CT molecular complexity index is 586. The maximum absolute atomic E-state index is 7.61. The highest BCUT2D eigenvalue weighted by Crippen LogP contribution is 2.14. The van der Waals surface area contributed by atoms with E-state index >= 15 is 0 Å². The van der Waals surface area contributed by atoms with Crippen molar-refractivity contribution in [1.82, 2.24) is 9.78 Å². The number of nitrogen functional groups attached to an aromatic ring is 1. The van der Waals surface area contributed by atoms with Gasteiger partial charge in [-0.05, 0) is 24.1 Å². The van der Waals surface area contributed by atoms with E-state index < -0.39 is 0 Å². The predicted molar refractivity (Wildman–Crippen MR) is 79.3 cm³/mol. The standard InChI is InChI=1S/C15H20N4O/c1-3-4-14-13(15(16)17)10-19(18-14)9-11-5-7-12(20-2)8-6-11/h5-8,10H,3-4,9H2,1-2H3,(H3,16,17). The summed E-state index contributed by atoms with van der Waals surface area (Å²) in [6.45, 7) is 2.75. The number of nitrogens with two attached hydrogens (primary N) is 1. The third kappa shape index (κ3) is 3.17. The first-order valence-electron chi connectivity index (χ1n) is 6.67. The van der Waals surface area contributed by atoms with Gasteiger partial charge in [-0.1, -0.05) is 25.5 Å². The molecule has 5 nitrogen and oxygen atoms in total. The van der Waals surface area contributed by atoms with Crippen molar-refractivity contribution in [3.05, 3.63) is 47.3 Å². The Morgan fingerprint density at radius 2 is 2.05 bits per heavy atom. The Morgan fingerprint density at radius 1 is 1.35 bits per heavy atom. The van der Waals surface area contributed by atoms with Crippen molar-refractivity contribution >= 4 is 5.84 Å². The second-order valence-corrected chi connectivity index (χ2v) is 4.70. The van der Waals surface area contributed by atoms with Crippen LogP contribution in [0.5, 0.6) is 5.75 Å². The molecule has 106 valence electrons. The van der Waals surface area contributed by atoms with Crippen LogP contribution in [-0.4, -0.2) is 22.7 Å². The summed E-state index contributed by atoms with van der Waals surface area (Å²) in [5, 5.41) is 12.1. The number of nitrogens with zero attached hydrogens (tertiary/aromatic N) is 2. The van der Waals surface area contributed by atoms with Gasteiger partial charge in [0.2, 0.25) is 0 Å². The van der Waals surface area contributed by atoms with Crippen LogP contribution in [-0.2, 0) is 13.0 Å². The van der Waals surface area contributed by atoms with Crippen molar-refractivity contribution < 1.29 is 4.74 Å². The van der Waals surface area contributed by atoms with Crippen LogP contribution in [0.4, 0.5) is 0 Å². The quantitative estimate of drug-likeness (QED) is 0.625. The van der Waals surface area contributed by atoms with Crippen LogP contribution in [0, 0.1) is 5.41 Å². The van der Waals surface area contributed by atoms with Crippen LogP contribution in [0.1, 0.15) is 30.2 Å². The van der Waals surface area contributed by atoms with Crippen molar-refractivity contribution in [3.8, 4) is 5.75 Å². The average Bonchev–Trinajstić information content (AvgIpc) is 2.83. The summed E-state index contributed by atoms with van der Waals surface area (Å²) in [6.07, 6.45) is 3.67. The number of rotatable bonds is 6. The van der Waals surface area contributed by atoms with E-state index in [1.165, 1.54) is 0 Å². The van der Waals surface area contributed by atoms with Gasteiger partial charge in [0.15, 0.2) is 0 Å². The van der Waals surface area contributed by atoms with E-state index in [9.17, 15) is 0 Å². The van der Waals surface area contributed by atoms with Crippen LogP contribution in [0.2, 0.25) is 0 Å². The lowest BCUT2D eigenvalue weighted by Gasteiger charge is -2.03. The highest BCUT2D eigenvalue weighted by molar-refractivity contribution is 5.95. The molecule has 20 heavy (non-hydrogen) atoms. The van der Waals surface area contributed by atoms with Crippen LogP contribution in [0.25, 0.3) is 0 Å². The molecule has 1 heterocycles. The Labute approximate surface area is 118 Å². The summed E-state index contributed by atoms with van der Waals surface area (Å²) < 4.78 is 6.98. The van der Waals surface area contributed by atoms with Gasteiger partial charge in [0.05, 0.1) is 24.9 Å². The van der Waals surface area contributed by atoms with E-state index in [0.717, 1.165) is 35.4 Å². The zero-order valence-electron chi connectivity index (χ0n) is 11.9. The van der Waals surface area contributed by atoms with Gasteiger partial charge in [-0.15, -0.1) is 0 Å². The molecule has 0 atom stereocenters. The van der Waals surface area contributed by atoms with E-state index in [1.54, 1.807) is 7.11 Å². The zero-order chi connectivity index (χ0) is 14.5. The zero-order valence-corrected chi connectivity index (χ0v) is 11.9. The van der Waals surface area contributed by atoms with Crippen LogP contribution < -0.4 is 10.5 Å². The molecule has 0 spiro atoms. The molecule has 2 aromatic rings. The first kappa shape index (κ1) is 14.1. The largest absolute Gasteiger partial charge is 0.497 e. The lowest BCUT2D eigenvalue weighted by molar-refractivity contribution is 0.414. The molecule has 0 amide bonds. The molecule has 0 aliphatic heterocycles. The van der Waals surface area contributed by atoms with E-state index in [4.69, 9.17) is 15.9 Å². The molecule has 0 saturated heterocycles. The molecule has 0 aliphatic rings. The molecule has 0 fully saturated rings. The third-order valence-electron chi connectivity index (χ3n) is 3.12. The summed E-state index contributed by atoms with van der Waals surface area (Å²) in [5.41, 5.74) is 8.37. The Balaban J connectivity index is 2.19. The Kier molecular flexibility index (Phi) is 4.40. The minimum Gasteiger partial charge on any atom is -0.497 e. The number of aromatic nitrogens is 2. The van der Waals surface area contributed by atoms with Gasteiger partial charge in [0, 0.05) is 6.20 Å². The summed E-state index contributed by atoms with van der Waals surface area (Å²) in [4.78, 5) is 0. The van der Waals surface area contributed by atoms with Crippen LogP contribution in [0.3, 0.4) is 0 Å². The number of hydrogen-bond acceptors (Lipinski definition) is 3. The second-order valence-electron chi connectivity index (χ2n) is 4.70. The van der Waals surface area contributed by atoms with Crippen molar-refractivity contribution in [1.29, 1.82) is 5.41 Å². The molecule has 1 aromatic carbocycles. The molecule has 5 heteroatoms. The summed E-state index contributed by atoms with van der Waals surface area (Å²) in [5.74, 6) is 0.916. The van der Waals surface area contributed by atoms with E-state index in [0.29, 0.717) is 6.54 Å². The lowest BCUT2D eigenvalue weighted by atomic mass is 10.1. The number of hydrogen-bond donors (Lipinski definition) is 2. The van der Waals surface area contributed by atoms with Crippen molar-refractivity contribution in [2.24, 2.45) is 5.73 Å². The monoisotopic (exact) mass is 272 g/mol. The van der Waals surface area contributed by atoms with Gasteiger partial charge in [-0.3, -0.25) is 10.1 Å². The van der Waals surface area contributed by atoms with Crippen molar-refractivity contribution in [3.63, 3.8) is 0 Å². The van der Waals surface area contributed by atoms with Gasteiger partial charge in [-0.2, -0.15) is 5.10 Å². The van der Waals surface area contributed by atoms with Gasteiger partial charge >= 0.3 is 0 Å². The molecular weight excluding hydrogens is 252 g/mol. The topological polar surface area (TPSA) is 76.9 Å². The maximum Gasteiger partial charge on any atom is 0.126 e. The average molecular weight is 272 g/mol. The first-order chi connectivity index (χ1) is 9.63. The first-order valence-corrected chi connectivity index (χ1v) is 6.67. The lowest BCUT2D eigenvalue weighted by Crippen LogP contribution is -2.12. The molecule has 0 unspecified atom stereocenters. The second kappa shape index (κ2) is 6.23. The fourth-order valence-corrected chi connectivity index (χ4v) is 2.11. The van der Waals surface area contributed by atoms with Crippen molar-refractivity contribution in [2.45, 2.75) is 26.3 Å². The fraction of sp³-hybridized carbons (Fsp3) is 0.333. The highest BCUT2D eigenvalue weighted by Gasteiger charge is 2.10. The fourth-order valence-electron chi connectivity index (χ4n) is 2.11. The SMILES string of the molecule is CCCc1nn(Cc2ccc(OC)cc2)cc1C(=N)N. The Morgan fingerprint density at radius 3 is 2.60 bits per heavy atom. The van der Waals surface area contributed by atoms with Gasteiger partial charge in [0.1, 0.15) is 11.6 Å². The predicted octanol–water partition coefficient (Wildman–Crippen LogP) is 2.18. The van der Waals surface area contributed by atoms with E-state index in [-0.39, 0.29) is 5.84 Å². The highest BCUT2D eigenvalue weighted by atomic mass is 16.5. The number of ether oxygens (including phenoxy) is 1. The summed E-state index contributed by atoms with van der Waals surface area (Å²) in [6, 6.07) is 7.87. The van der Waals surface area contributed by atoms with Crippen LogP contribution >= 0.6 is 0 Å². The molecule has 3 N–H and O–H groups in total. The van der Waals surface area contributed by atoms with E-state index in [2.05, 4.69) is 12.0 Å². The number of methoxy groups -OCH3 is 1. The molecule has 0 aliphatic carbocycles. The molecule has 0 radical (unpaired) electrons. The number of amidine groups is 1. The number of aryl methyl sites for hydroxylation is 1. The van der Waals surface area contributed by atoms with Gasteiger partial charge < -0.3 is 10.5 Å². The molecule has 0 saturated carbocycles.